The van der Waals surface area contributed by atoms with E-state index in [1.807, 2.05) is 5.32 Å². The summed E-state index contributed by atoms with van der Waals surface area (Å²) in [4.78, 5) is 43.3. The fourth-order valence-electron chi connectivity index (χ4n) is 2.29. The van der Waals surface area contributed by atoms with Crippen LogP contribution in [0.1, 0.15) is 19.8 Å². The lowest BCUT2D eigenvalue weighted by Crippen LogP contribution is -2.64. The number of rotatable bonds is 3. The van der Waals surface area contributed by atoms with Crippen LogP contribution in [0.25, 0.3) is 0 Å². The second-order valence-corrected chi connectivity index (χ2v) is 7.25. The van der Waals surface area contributed by atoms with Crippen LogP contribution in [0.15, 0.2) is 0 Å². The Morgan fingerprint density at radius 1 is 1.45 bits per heavy atom. The molecule has 0 spiro atoms. The number of aliphatic hydroxyl groups excluding tert-OH is 1. The van der Waals surface area contributed by atoms with Crippen molar-refractivity contribution in [1.29, 1.82) is 0 Å². The quantitative estimate of drug-likeness (QED) is 0.489. The van der Waals surface area contributed by atoms with Crippen LogP contribution in [-0.4, -0.2) is 62.4 Å². The summed E-state index contributed by atoms with van der Waals surface area (Å²) in [6.07, 6.45) is -0.145. The van der Waals surface area contributed by atoms with Crippen LogP contribution >= 0.6 is 7.60 Å². The van der Waals surface area contributed by atoms with Crippen LogP contribution in [0.2, 0.25) is 0 Å². The van der Waals surface area contributed by atoms with E-state index in [9.17, 15) is 23.9 Å². The molecule has 2 saturated heterocycles. The second-order valence-electron chi connectivity index (χ2n) is 5.18. The fourth-order valence-corrected chi connectivity index (χ4v) is 2.94. The number of ether oxygens (including phenoxy) is 1. The van der Waals surface area contributed by atoms with Crippen molar-refractivity contribution >= 4 is 19.5 Å². The van der Waals surface area contributed by atoms with Crippen molar-refractivity contribution < 1.29 is 33.8 Å². The van der Waals surface area contributed by atoms with E-state index >= 15 is 0 Å². The third kappa shape index (κ3) is 2.47. The predicted octanol–water partition coefficient (Wildman–Crippen LogP) is -1.03. The van der Waals surface area contributed by atoms with Crippen molar-refractivity contribution in [3.05, 3.63) is 0 Å². The maximum atomic E-state index is 11.8. The normalized spacial score (nSPS) is 35.3. The van der Waals surface area contributed by atoms with Crippen molar-refractivity contribution in [3.8, 4) is 0 Å². The van der Waals surface area contributed by atoms with Gasteiger partial charge in [0, 0.05) is 0 Å². The van der Waals surface area contributed by atoms with Crippen molar-refractivity contribution in [3.63, 3.8) is 0 Å². The molecule has 2 aliphatic rings. The van der Waals surface area contributed by atoms with E-state index in [0.717, 1.165) is 11.8 Å². The van der Waals surface area contributed by atoms with Gasteiger partial charge in [0.15, 0.2) is 5.16 Å². The van der Waals surface area contributed by atoms with Gasteiger partial charge >= 0.3 is 13.6 Å². The summed E-state index contributed by atoms with van der Waals surface area (Å²) >= 11 is 0. The Labute approximate surface area is 115 Å². The number of carbonyl (C=O) groups excluding carboxylic acids is 2. The number of hydrogen-bond donors (Lipinski definition) is 4. The number of urea groups is 1. The van der Waals surface area contributed by atoms with Gasteiger partial charge in [-0.05, 0) is 19.8 Å². The second kappa shape index (κ2) is 5.09. The molecular formula is C10H17N2O7P. The summed E-state index contributed by atoms with van der Waals surface area (Å²) < 4.78 is 16.9. The lowest BCUT2D eigenvalue weighted by molar-refractivity contribution is -0.127. The Balaban J connectivity index is 2.21. The molecule has 20 heavy (non-hydrogen) atoms. The molecule has 3 atom stereocenters. The number of amides is 3. The predicted molar refractivity (Wildman–Crippen MR) is 65.7 cm³/mol. The summed E-state index contributed by atoms with van der Waals surface area (Å²) in [5, 5.41) is 8.95. The largest absolute Gasteiger partial charge is 0.394 e. The first-order chi connectivity index (χ1) is 9.19. The highest BCUT2D eigenvalue weighted by molar-refractivity contribution is 7.54. The van der Waals surface area contributed by atoms with Crippen LogP contribution in [0.3, 0.4) is 0 Å². The Bertz CT molecular complexity index is 478. The van der Waals surface area contributed by atoms with E-state index in [1.165, 1.54) is 0 Å². The van der Waals surface area contributed by atoms with E-state index in [4.69, 9.17) is 9.84 Å². The van der Waals surface area contributed by atoms with Crippen molar-refractivity contribution in [2.75, 3.05) is 13.2 Å². The van der Waals surface area contributed by atoms with Crippen LogP contribution in [-0.2, 0) is 14.1 Å². The molecule has 0 bridgehead atoms. The lowest BCUT2D eigenvalue weighted by Gasteiger charge is -2.41. The number of imide groups is 1. The van der Waals surface area contributed by atoms with Crippen molar-refractivity contribution in [2.45, 2.75) is 37.3 Å². The van der Waals surface area contributed by atoms with Crippen LogP contribution < -0.4 is 5.32 Å². The van der Waals surface area contributed by atoms with E-state index in [-0.39, 0.29) is 6.61 Å². The van der Waals surface area contributed by atoms with E-state index < -0.39 is 43.6 Å². The summed E-state index contributed by atoms with van der Waals surface area (Å²) in [6.45, 7) is 0.492. The molecule has 0 aromatic carbocycles. The van der Waals surface area contributed by atoms with Gasteiger partial charge in [-0.3, -0.25) is 19.6 Å². The number of carbonyl (C=O) groups is 2. The number of hydrogen-bond acceptors (Lipinski definition) is 5. The number of nitrogens with zero attached hydrogens (tertiary/aromatic N) is 1. The topological polar surface area (TPSA) is 136 Å². The van der Waals surface area contributed by atoms with Gasteiger partial charge in [0.2, 0.25) is 5.91 Å². The third-order valence-corrected chi connectivity index (χ3v) is 5.36. The van der Waals surface area contributed by atoms with Gasteiger partial charge in [-0.15, -0.1) is 0 Å². The summed E-state index contributed by atoms with van der Waals surface area (Å²) in [5.74, 6) is -0.996. The zero-order valence-corrected chi connectivity index (χ0v) is 11.7. The SMILES string of the molecule is CC1(P(=O)(O)O)CN([C@H]2CC[C@@H](CO)O2)C(=O)NC1=O. The fraction of sp³-hybridized carbons (Fsp3) is 0.800. The molecule has 10 heteroatoms. The van der Waals surface area contributed by atoms with Crippen molar-refractivity contribution in [1.82, 2.24) is 10.2 Å². The lowest BCUT2D eigenvalue weighted by atomic mass is 10.1. The standard InChI is InChI=1S/C10H17N2O7P/c1-10(20(16,17)18)5-12(9(15)11-8(10)14)7-3-2-6(4-13)19-7/h6-7,13H,2-5H2,1H3,(H,11,14,15)(H2,16,17,18)/t6-,7+,10?/m0/s1. The molecule has 1 unspecified atom stereocenters. The first-order valence-electron chi connectivity index (χ1n) is 6.13. The highest BCUT2D eigenvalue weighted by Gasteiger charge is 2.56. The van der Waals surface area contributed by atoms with Crippen LogP contribution in [0.4, 0.5) is 4.79 Å². The molecule has 0 saturated carbocycles. The number of nitrogens with one attached hydrogen (secondary N) is 1. The molecule has 0 aromatic heterocycles. The minimum absolute atomic E-state index is 0.194. The monoisotopic (exact) mass is 308 g/mol. The van der Waals surface area contributed by atoms with Gasteiger partial charge < -0.3 is 19.6 Å². The van der Waals surface area contributed by atoms with Gasteiger partial charge in [0.25, 0.3) is 0 Å². The molecule has 2 rings (SSSR count). The zero-order chi connectivity index (χ0) is 15.1. The molecule has 2 fully saturated rings. The molecule has 4 N–H and O–H groups in total. The first-order valence-corrected chi connectivity index (χ1v) is 7.74. The summed E-state index contributed by atoms with van der Waals surface area (Å²) in [7, 11) is -4.75. The average molecular weight is 308 g/mol. The molecule has 0 radical (unpaired) electrons. The Morgan fingerprint density at radius 3 is 2.60 bits per heavy atom. The van der Waals surface area contributed by atoms with Crippen LogP contribution in [0, 0.1) is 0 Å². The molecule has 2 aliphatic heterocycles. The van der Waals surface area contributed by atoms with E-state index in [0.29, 0.717) is 12.8 Å². The Morgan fingerprint density at radius 2 is 2.10 bits per heavy atom. The zero-order valence-electron chi connectivity index (χ0n) is 10.9. The maximum Gasteiger partial charge on any atom is 0.342 e. The maximum absolute atomic E-state index is 11.8. The van der Waals surface area contributed by atoms with Gasteiger partial charge in [-0.1, -0.05) is 0 Å². The van der Waals surface area contributed by atoms with E-state index in [2.05, 4.69) is 0 Å². The molecule has 0 aliphatic carbocycles. The average Bonchev–Trinajstić information content (AvgIpc) is 2.81. The minimum Gasteiger partial charge on any atom is -0.394 e. The van der Waals surface area contributed by atoms with E-state index in [1.54, 1.807) is 0 Å². The molecule has 9 nitrogen and oxygen atoms in total. The van der Waals surface area contributed by atoms with Crippen LogP contribution in [0.5, 0.6) is 0 Å². The first kappa shape index (κ1) is 15.4. The molecule has 3 amide bonds. The highest BCUT2D eigenvalue weighted by atomic mass is 31.2. The van der Waals surface area contributed by atoms with Gasteiger partial charge in [0.05, 0.1) is 19.3 Å². The summed E-state index contributed by atoms with van der Waals surface area (Å²) in [6, 6.07) is -0.746. The smallest absolute Gasteiger partial charge is 0.342 e. The third-order valence-electron chi connectivity index (χ3n) is 3.73. The van der Waals surface area contributed by atoms with Gasteiger partial charge in [-0.25, -0.2) is 4.79 Å². The highest BCUT2D eigenvalue weighted by Crippen LogP contribution is 2.52. The Kier molecular flexibility index (Phi) is 3.92. The number of aliphatic hydroxyl groups is 1. The molecule has 114 valence electrons. The Hall–Kier alpha value is -0.990. The molecule has 0 aromatic rings. The van der Waals surface area contributed by atoms with Crippen molar-refractivity contribution in [2.24, 2.45) is 0 Å². The van der Waals surface area contributed by atoms with Gasteiger partial charge in [0.1, 0.15) is 6.23 Å². The summed E-state index contributed by atoms with van der Waals surface area (Å²) in [5.41, 5.74) is 0. The minimum atomic E-state index is -4.75. The molecular weight excluding hydrogens is 291 g/mol. The van der Waals surface area contributed by atoms with Gasteiger partial charge in [-0.2, -0.15) is 0 Å². The molecule has 2 heterocycles.